The highest BCUT2D eigenvalue weighted by Crippen LogP contribution is 2.16. The zero-order valence-corrected chi connectivity index (χ0v) is 12.0. The molecule has 6 heteroatoms. The summed E-state index contributed by atoms with van der Waals surface area (Å²) < 4.78 is 0. The molecular formula is C13H25N5O. The molecule has 0 aromatic carbocycles. The zero-order chi connectivity index (χ0) is 14.3. The Kier molecular flexibility index (Phi) is 6.35. The number of aliphatic hydroxyl groups excluding tert-OH is 1. The van der Waals surface area contributed by atoms with Crippen LogP contribution in [0.5, 0.6) is 0 Å². The number of hydrogen-bond donors (Lipinski definition) is 4. The number of nitrogens with zero attached hydrogens (tertiary/aromatic N) is 2. The maximum absolute atomic E-state index is 10.1. The van der Waals surface area contributed by atoms with Gasteiger partial charge in [-0.1, -0.05) is 26.7 Å². The predicted molar refractivity (Wildman–Crippen MR) is 79.2 cm³/mol. The molecule has 1 atom stereocenters. The van der Waals surface area contributed by atoms with E-state index in [4.69, 9.17) is 5.73 Å². The van der Waals surface area contributed by atoms with E-state index in [1.165, 1.54) is 0 Å². The van der Waals surface area contributed by atoms with E-state index in [0.29, 0.717) is 24.1 Å². The van der Waals surface area contributed by atoms with Gasteiger partial charge >= 0.3 is 0 Å². The van der Waals surface area contributed by atoms with Gasteiger partial charge in [-0.2, -0.15) is 9.97 Å². The van der Waals surface area contributed by atoms with Crippen LogP contribution in [0.25, 0.3) is 0 Å². The number of rotatable bonds is 8. The van der Waals surface area contributed by atoms with Crippen molar-refractivity contribution < 1.29 is 5.11 Å². The third-order valence-electron chi connectivity index (χ3n) is 3.19. The van der Waals surface area contributed by atoms with E-state index in [2.05, 4.69) is 34.4 Å². The first-order chi connectivity index (χ1) is 9.10. The maximum atomic E-state index is 10.1. The van der Waals surface area contributed by atoms with Gasteiger partial charge in [-0.3, -0.25) is 0 Å². The smallest absolute Gasteiger partial charge is 0.223 e. The van der Waals surface area contributed by atoms with Gasteiger partial charge in [0.1, 0.15) is 11.6 Å². The molecule has 108 valence electrons. The van der Waals surface area contributed by atoms with Crippen LogP contribution in [-0.2, 0) is 0 Å². The topological polar surface area (TPSA) is 96.1 Å². The summed E-state index contributed by atoms with van der Waals surface area (Å²) in [5.74, 6) is 1.85. The Hall–Kier alpha value is -1.56. The normalized spacial score (nSPS) is 12.5. The number of aliphatic hydroxyl groups is 1. The fourth-order valence-electron chi connectivity index (χ4n) is 2.04. The quantitative estimate of drug-likeness (QED) is 0.572. The molecule has 0 aliphatic carbocycles. The molecule has 0 spiro atoms. The Balaban J connectivity index is 2.61. The monoisotopic (exact) mass is 267 g/mol. The van der Waals surface area contributed by atoms with E-state index in [1.807, 2.05) is 6.92 Å². The summed E-state index contributed by atoms with van der Waals surface area (Å²) in [6, 6.07) is 1.79. The molecule has 0 aliphatic rings. The van der Waals surface area contributed by atoms with E-state index in [0.717, 1.165) is 19.4 Å². The Labute approximate surface area is 114 Å². The molecule has 0 saturated carbocycles. The van der Waals surface area contributed by atoms with Gasteiger partial charge in [0.25, 0.3) is 0 Å². The van der Waals surface area contributed by atoms with Crippen LogP contribution >= 0.6 is 0 Å². The molecule has 5 N–H and O–H groups in total. The highest BCUT2D eigenvalue weighted by Gasteiger charge is 2.15. The van der Waals surface area contributed by atoms with Crippen LogP contribution in [0.3, 0.4) is 0 Å². The fourth-order valence-corrected chi connectivity index (χ4v) is 2.04. The van der Waals surface area contributed by atoms with Crippen LogP contribution in [0.4, 0.5) is 17.6 Å². The van der Waals surface area contributed by atoms with Crippen LogP contribution < -0.4 is 16.4 Å². The maximum Gasteiger partial charge on any atom is 0.223 e. The van der Waals surface area contributed by atoms with Crippen LogP contribution in [0, 0.1) is 5.92 Å². The molecule has 1 aromatic heterocycles. The van der Waals surface area contributed by atoms with Gasteiger partial charge in [-0.25, -0.2) is 0 Å². The Morgan fingerprint density at radius 1 is 1.16 bits per heavy atom. The van der Waals surface area contributed by atoms with Crippen molar-refractivity contribution in [2.24, 2.45) is 5.92 Å². The molecule has 6 nitrogen and oxygen atoms in total. The molecule has 1 aromatic rings. The molecule has 1 unspecified atom stereocenters. The number of aromatic nitrogens is 2. The molecule has 0 bridgehead atoms. The minimum Gasteiger partial charge on any atom is -0.391 e. The molecule has 0 aliphatic heterocycles. The molecule has 19 heavy (non-hydrogen) atoms. The number of anilines is 3. The minimum atomic E-state index is -0.381. The second-order valence-electron chi connectivity index (χ2n) is 4.55. The van der Waals surface area contributed by atoms with E-state index in [9.17, 15) is 5.11 Å². The number of nitrogens with one attached hydrogen (secondary N) is 2. The second-order valence-corrected chi connectivity index (χ2v) is 4.55. The number of nitrogens with two attached hydrogens (primary N) is 1. The number of hydrogen-bond acceptors (Lipinski definition) is 6. The van der Waals surface area contributed by atoms with Crippen molar-refractivity contribution in [1.29, 1.82) is 0 Å². The summed E-state index contributed by atoms with van der Waals surface area (Å²) in [6.45, 7) is 7.40. The summed E-state index contributed by atoms with van der Waals surface area (Å²) >= 11 is 0. The summed E-state index contributed by atoms with van der Waals surface area (Å²) in [4.78, 5) is 8.17. The van der Waals surface area contributed by atoms with Gasteiger partial charge in [0.05, 0.1) is 6.10 Å². The predicted octanol–water partition coefficient (Wildman–Crippen LogP) is 1.70. The lowest BCUT2D eigenvalue weighted by molar-refractivity contribution is 0.114. The summed E-state index contributed by atoms with van der Waals surface area (Å²) in [5, 5.41) is 16.3. The highest BCUT2D eigenvalue weighted by molar-refractivity contribution is 5.50. The van der Waals surface area contributed by atoms with E-state index in [1.54, 1.807) is 6.07 Å². The van der Waals surface area contributed by atoms with Gasteiger partial charge in [0.15, 0.2) is 0 Å². The average Bonchev–Trinajstić information content (AvgIpc) is 2.37. The van der Waals surface area contributed by atoms with Crippen molar-refractivity contribution in [3.63, 3.8) is 0 Å². The Morgan fingerprint density at radius 3 is 2.26 bits per heavy atom. The first kappa shape index (κ1) is 15.5. The fraction of sp³-hybridized carbons (Fsp3) is 0.692. The third kappa shape index (κ3) is 4.90. The molecule has 0 radical (unpaired) electrons. The molecule has 1 heterocycles. The van der Waals surface area contributed by atoms with Crippen LogP contribution in [0.2, 0.25) is 0 Å². The van der Waals surface area contributed by atoms with Gasteiger partial charge in [0.2, 0.25) is 5.95 Å². The summed E-state index contributed by atoms with van der Waals surface area (Å²) in [6.07, 6.45) is 1.55. The SMILES string of the molecule is CCNc1cc(NCC(O)C(CC)CC)nc(N)n1. The average molecular weight is 267 g/mol. The van der Waals surface area contributed by atoms with Gasteiger partial charge < -0.3 is 21.5 Å². The number of nitrogen functional groups attached to an aromatic ring is 1. The minimum absolute atomic E-state index is 0.220. The van der Waals surface area contributed by atoms with Crippen LogP contribution in [0.1, 0.15) is 33.6 Å². The van der Waals surface area contributed by atoms with Crippen molar-refractivity contribution >= 4 is 17.6 Å². The lowest BCUT2D eigenvalue weighted by atomic mass is 9.97. The standard InChI is InChI=1S/C13H25N5O/c1-4-9(5-2)10(19)8-16-12-7-11(15-6-3)17-13(14)18-12/h7,9-10,19H,4-6,8H2,1-3H3,(H4,14,15,16,17,18). The van der Waals surface area contributed by atoms with Crippen molar-refractivity contribution in [1.82, 2.24) is 9.97 Å². The zero-order valence-electron chi connectivity index (χ0n) is 12.0. The highest BCUT2D eigenvalue weighted by atomic mass is 16.3. The molecule has 0 amide bonds. The largest absolute Gasteiger partial charge is 0.391 e. The first-order valence-electron chi connectivity index (χ1n) is 6.91. The Bertz CT molecular complexity index is 381. The Morgan fingerprint density at radius 2 is 1.74 bits per heavy atom. The van der Waals surface area contributed by atoms with Crippen molar-refractivity contribution in [3.8, 4) is 0 Å². The second kappa shape index (κ2) is 7.78. The first-order valence-corrected chi connectivity index (χ1v) is 6.91. The van der Waals surface area contributed by atoms with E-state index >= 15 is 0 Å². The molecule has 1 rings (SSSR count). The summed E-state index contributed by atoms with van der Waals surface area (Å²) in [5.41, 5.74) is 5.64. The molecular weight excluding hydrogens is 242 g/mol. The van der Waals surface area contributed by atoms with Crippen LogP contribution in [0.15, 0.2) is 6.07 Å². The van der Waals surface area contributed by atoms with Crippen LogP contribution in [-0.4, -0.2) is 34.3 Å². The van der Waals surface area contributed by atoms with E-state index in [-0.39, 0.29) is 12.1 Å². The van der Waals surface area contributed by atoms with Crippen molar-refractivity contribution in [2.75, 3.05) is 29.5 Å². The van der Waals surface area contributed by atoms with Gasteiger partial charge in [-0.15, -0.1) is 0 Å². The van der Waals surface area contributed by atoms with Crippen molar-refractivity contribution in [3.05, 3.63) is 6.07 Å². The molecule has 0 saturated heterocycles. The van der Waals surface area contributed by atoms with E-state index < -0.39 is 0 Å². The summed E-state index contributed by atoms with van der Waals surface area (Å²) in [7, 11) is 0. The lowest BCUT2D eigenvalue weighted by Crippen LogP contribution is -2.28. The van der Waals surface area contributed by atoms with Gasteiger partial charge in [-0.05, 0) is 12.8 Å². The van der Waals surface area contributed by atoms with Gasteiger partial charge in [0, 0.05) is 19.2 Å². The third-order valence-corrected chi connectivity index (χ3v) is 3.19. The lowest BCUT2D eigenvalue weighted by Gasteiger charge is -2.20. The van der Waals surface area contributed by atoms with Crippen molar-refractivity contribution in [2.45, 2.75) is 39.7 Å². The molecule has 0 fully saturated rings.